The van der Waals surface area contributed by atoms with Gasteiger partial charge in [-0.2, -0.15) is 0 Å². The molecule has 3 aromatic rings. The molecule has 0 fully saturated rings. The Hall–Kier alpha value is -3.29. The van der Waals surface area contributed by atoms with Gasteiger partial charge in [0.1, 0.15) is 12.4 Å². The van der Waals surface area contributed by atoms with Gasteiger partial charge in [-0.1, -0.05) is 63.8 Å². The van der Waals surface area contributed by atoms with Gasteiger partial charge in [0.15, 0.2) is 0 Å². The monoisotopic (exact) mass is 496 g/mol. The van der Waals surface area contributed by atoms with E-state index < -0.39 is 0 Å². The number of nitrogens with zero attached hydrogens (tertiary/aromatic N) is 1. The molecule has 0 radical (unpaired) electrons. The number of allylic oxidation sites excluding steroid dienone is 2. The quantitative estimate of drug-likeness (QED) is 0.227. The van der Waals surface area contributed by atoms with Crippen LogP contribution < -0.4 is 10.1 Å². The summed E-state index contributed by atoms with van der Waals surface area (Å²) in [7, 11) is 0. The largest absolute Gasteiger partial charge is 0.480 e. The molecule has 0 bridgehead atoms. The molecule has 2 aliphatic rings. The molecule has 5 rings (SSSR count). The number of halogens is 1. The maximum atomic E-state index is 5.64. The lowest BCUT2D eigenvalue weighted by atomic mass is 9.76. The average Bonchev–Trinajstić information content (AvgIpc) is 3.32. The topological polar surface area (TPSA) is 33.6 Å². The Morgan fingerprint density at radius 1 is 1.15 bits per heavy atom. The number of anilines is 1. The van der Waals surface area contributed by atoms with Gasteiger partial charge in [0.2, 0.25) is 0 Å². The van der Waals surface area contributed by atoms with E-state index >= 15 is 0 Å². The summed E-state index contributed by atoms with van der Waals surface area (Å²) in [4.78, 5) is 4.67. The van der Waals surface area contributed by atoms with Gasteiger partial charge in [0.25, 0.3) is 0 Å². The van der Waals surface area contributed by atoms with Crippen LogP contribution in [-0.4, -0.2) is 12.8 Å². The Bertz CT molecular complexity index is 1270. The van der Waals surface area contributed by atoms with Gasteiger partial charge < -0.3 is 10.1 Å². The van der Waals surface area contributed by atoms with Crippen LogP contribution in [0.1, 0.15) is 40.6 Å². The highest BCUT2D eigenvalue weighted by atomic mass is 79.9. The Labute approximate surface area is 203 Å². The molecule has 33 heavy (non-hydrogen) atoms. The minimum atomic E-state index is 0.227. The molecule has 3 aromatic carbocycles. The predicted octanol–water partition coefficient (Wildman–Crippen LogP) is 7.35. The summed E-state index contributed by atoms with van der Waals surface area (Å²) in [5.74, 6) is 4.23. The van der Waals surface area contributed by atoms with Crippen molar-refractivity contribution in [3.63, 3.8) is 0 Å². The number of terminal acetylenes is 1. The van der Waals surface area contributed by atoms with Crippen molar-refractivity contribution < 1.29 is 4.74 Å². The second kappa shape index (κ2) is 9.29. The van der Waals surface area contributed by atoms with Crippen molar-refractivity contribution in [1.29, 1.82) is 0 Å². The lowest BCUT2D eigenvalue weighted by Crippen LogP contribution is -2.29. The van der Waals surface area contributed by atoms with Crippen molar-refractivity contribution in [2.75, 3.05) is 11.9 Å². The molecular weight excluding hydrogens is 472 g/mol. The lowest BCUT2D eigenvalue weighted by molar-refractivity contribution is 0.370. The number of hydrogen-bond donors (Lipinski definition) is 1. The third-order valence-electron chi connectivity index (χ3n) is 6.41. The van der Waals surface area contributed by atoms with E-state index in [-0.39, 0.29) is 12.6 Å². The van der Waals surface area contributed by atoms with Gasteiger partial charge in [-0.3, -0.25) is 4.99 Å². The molecule has 0 amide bonds. The summed E-state index contributed by atoms with van der Waals surface area (Å²) in [6, 6.07) is 21.4. The molecule has 164 valence electrons. The molecule has 4 heteroatoms. The average molecular weight is 497 g/mol. The first-order valence-electron chi connectivity index (χ1n) is 11.2. The number of aryl methyl sites for hydroxylation is 1. The molecule has 1 N–H and O–H groups in total. The van der Waals surface area contributed by atoms with Crippen molar-refractivity contribution in [2.24, 2.45) is 10.9 Å². The molecule has 0 spiro atoms. The van der Waals surface area contributed by atoms with Crippen molar-refractivity contribution in [1.82, 2.24) is 0 Å². The Morgan fingerprint density at radius 3 is 2.82 bits per heavy atom. The van der Waals surface area contributed by atoms with Crippen molar-refractivity contribution in [3.8, 4) is 18.1 Å². The zero-order chi connectivity index (χ0) is 22.8. The van der Waals surface area contributed by atoms with Crippen molar-refractivity contribution in [3.05, 3.63) is 99.5 Å². The van der Waals surface area contributed by atoms with E-state index in [4.69, 9.17) is 11.2 Å². The SMILES string of the molecule is C#CCOc1ccc(Br)cc1C=Nc1ccc([C@@H]2Nc3ccc(C)cc3[C@H]3C=CC[C@H]32)cc1. The first-order valence-corrected chi connectivity index (χ1v) is 12.0. The third kappa shape index (κ3) is 4.47. The van der Waals surface area contributed by atoms with Crippen LogP contribution in [0.4, 0.5) is 11.4 Å². The standard InChI is InChI=1S/C29H25BrN2O/c1-3-15-33-28-14-10-22(30)17-21(28)18-31-23-11-8-20(9-12-23)29-25-6-4-5-24(25)26-16-19(2)7-13-27(26)32-29/h1,4-5,7-14,16-18,24-25,29,32H,6,15H2,2H3/t24-,25+,29-/m0/s1. The highest BCUT2D eigenvalue weighted by Crippen LogP contribution is 2.50. The van der Waals surface area contributed by atoms with Crippen LogP contribution in [0.15, 0.2) is 82.3 Å². The number of fused-ring (bicyclic) bond motifs is 3. The summed E-state index contributed by atoms with van der Waals surface area (Å²) in [6.45, 7) is 2.39. The zero-order valence-electron chi connectivity index (χ0n) is 18.5. The van der Waals surface area contributed by atoms with Crippen molar-refractivity contribution in [2.45, 2.75) is 25.3 Å². The highest BCUT2D eigenvalue weighted by molar-refractivity contribution is 9.10. The summed E-state index contributed by atoms with van der Waals surface area (Å²) in [5.41, 5.74) is 7.05. The fourth-order valence-corrected chi connectivity index (χ4v) is 5.21. The number of aliphatic imine (C=N–C) groups is 1. The molecule has 1 aliphatic carbocycles. The van der Waals surface area contributed by atoms with Crippen LogP contribution >= 0.6 is 15.9 Å². The van der Waals surface area contributed by atoms with Gasteiger partial charge in [-0.25, -0.2) is 0 Å². The van der Waals surface area contributed by atoms with Gasteiger partial charge in [0.05, 0.1) is 11.7 Å². The van der Waals surface area contributed by atoms with E-state index in [9.17, 15) is 0 Å². The third-order valence-corrected chi connectivity index (χ3v) is 6.90. The minimum Gasteiger partial charge on any atom is -0.480 e. The van der Waals surface area contributed by atoms with Crippen molar-refractivity contribution >= 4 is 33.5 Å². The van der Waals surface area contributed by atoms with E-state index in [2.05, 4.69) is 93.7 Å². The summed E-state index contributed by atoms with van der Waals surface area (Å²) in [6.07, 6.45) is 13.0. The van der Waals surface area contributed by atoms with Gasteiger partial charge in [0, 0.05) is 27.9 Å². The summed E-state index contributed by atoms with van der Waals surface area (Å²) in [5, 5.41) is 3.81. The molecule has 0 saturated carbocycles. The molecular formula is C29H25BrN2O. The van der Waals surface area contributed by atoms with E-state index in [1.165, 1.54) is 22.4 Å². The normalized spacial score (nSPS) is 20.7. The van der Waals surface area contributed by atoms with Crippen LogP contribution in [0.25, 0.3) is 0 Å². The van der Waals surface area contributed by atoms with E-state index in [1.807, 2.05) is 24.4 Å². The predicted molar refractivity (Wildman–Crippen MR) is 140 cm³/mol. The van der Waals surface area contributed by atoms with E-state index in [0.717, 1.165) is 27.9 Å². The smallest absolute Gasteiger partial charge is 0.148 e. The maximum Gasteiger partial charge on any atom is 0.148 e. The first kappa shape index (κ1) is 21.6. The number of rotatable bonds is 5. The van der Waals surface area contributed by atoms with Crippen LogP contribution in [0.5, 0.6) is 5.75 Å². The maximum absolute atomic E-state index is 5.64. The molecule has 0 aromatic heterocycles. The fraction of sp³-hybridized carbons (Fsp3) is 0.207. The Kier molecular flexibility index (Phi) is 6.07. The van der Waals surface area contributed by atoms with Gasteiger partial charge >= 0.3 is 0 Å². The van der Waals surface area contributed by atoms with Crippen LogP contribution in [0.2, 0.25) is 0 Å². The molecule has 0 unspecified atom stereocenters. The minimum absolute atomic E-state index is 0.227. The second-order valence-corrected chi connectivity index (χ2v) is 9.51. The van der Waals surface area contributed by atoms with E-state index in [1.54, 1.807) is 0 Å². The molecule has 1 aliphatic heterocycles. The first-order chi connectivity index (χ1) is 16.1. The highest BCUT2D eigenvalue weighted by Gasteiger charge is 2.37. The van der Waals surface area contributed by atoms with E-state index in [0.29, 0.717) is 11.8 Å². The Balaban J connectivity index is 1.37. The van der Waals surface area contributed by atoms with Gasteiger partial charge in [-0.05, 0) is 66.8 Å². The number of nitrogens with one attached hydrogen (secondary N) is 1. The zero-order valence-corrected chi connectivity index (χ0v) is 20.0. The van der Waals surface area contributed by atoms with Gasteiger partial charge in [-0.15, -0.1) is 6.42 Å². The number of ether oxygens (including phenoxy) is 1. The number of benzene rings is 3. The second-order valence-electron chi connectivity index (χ2n) is 8.59. The molecule has 3 atom stereocenters. The molecule has 0 saturated heterocycles. The Morgan fingerprint density at radius 2 is 2.00 bits per heavy atom. The summed E-state index contributed by atoms with van der Waals surface area (Å²) >= 11 is 3.51. The molecule has 3 nitrogen and oxygen atoms in total. The summed E-state index contributed by atoms with van der Waals surface area (Å²) < 4.78 is 6.61. The van der Waals surface area contributed by atoms with Crippen LogP contribution in [0, 0.1) is 25.2 Å². The van der Waals surface area contributed by atoms with Crippen LogP contribution in [0.3, 0.4) is 0 Å². The lowest BCUT2D eigenvalue weighted by Gasteiger charge is -2.37. The number of hydrogen-bond acceptors (Lipinski definition) is 3. The fourth-order valence-electron chi connectivity index (χ4n) is 4.83. The van der Waals surface area contributed by atoms with Crippen LogP contribution in [-0.2, 0) is 0 Å². The molecule has 1 heterocycles.